The molecule has 0 atom stereocenters. The highest BCUT2D eigenvalue weighted by Gasteiger charge is 2.12. The molecule has 0 aliphatic rings. The summed E-state index contributed by atoms with van der Waals surface area (Å²) in [6.07, 6.45) is 5.94. The predicted octanol–water partition coefficient (Wildman–Crippen LogP) is 2.74. The van der Waals surface area contributed by atoms with Gasteiger partial charge in [0.05, 0.1) is 12.0 Å². The molecule has 0 saturated carbocycles. The number of carbonyl (C=O) groups is 3. The van der Waals surface area contributed by atoms with Crippen LogP contribution in [0, 0.1) is 6.92 Å². The molecule has 0 saturated heterocycles. The van der Waals surface area contributed by atoms with Gasteiger partial charge in [-0.1, -0.05) is 12.1 Å². The molecule has 2 heterocycles. The summed E-state index contributed by atoms with van der Waals surface area (Å²) in [6.45, 7) is 1.98. The second-order valence-electron chi connectivity index (χ2n) is 6.07. The van der Waals surface area contributed by atoms with E-state index in [4.69, 9.17) is 10.2 Å². The molecule has 8 heteroatoms. The number of carboxylic acid groups (broad SMARTS) is 2. The maximum absolute atomic E-state index is 12.4. The predicted molar refractivity (Wildman–Crippen MR) is 103 cm³/mol. The molecule has 146 valence electrons. The van der Waals surface area contributed by atoms with E-state index >= 15 is 0 Å². The van der Waals surface area contributed by atoms with Gasteiger partial charge >= 0.3 is 11.9 Å². The maximum Gasteiger partial charge on any atom is 0.328 e. The molecule has 0 spiro atoms. The number of imidazole rings is 1. The molecule has 0 amide bonds. The Morgan fingerprint density at radius 2 is 1.82 bits per heavy atom. The number of nitrogens with one attached hydrogen (secondary N) is 1. The minimum Gasteiger partial charge on any atom is -0.478 e. The first kappa shape index (κ1) is 20.6. The largest absolute Gasteiger partial charge is 0.478 e. The topological polar surface area (TPSA) is 125 Å². The van der Waals surface area contributed by atoms with Crippen molar-refractivity contribution in [2.75, 3.05) is 0 Å². The number of rotatable bonds is 6. The highest BCUT2D eigenvalue weighted by molar-refractivity contribution is 6.07. The lowest BCUT2D eigenvalue weighted by Gasteiger charge is -2.04. The summed E-state index contributed by atoms with van der Waals surface area (Å²) in [5, 5.41) is 16.7. The Bertz CT molecular complexity index is 1010. The van der Waals surface area contributed by atoms with Gasteiger partial charge in [-0.25, -0.2) is 14.6 Å². The van der Waals surface area contributed by atoms with Gasteiger partial charge in [-0.05, 0) is 25.5 Å². The van der Waals surface area contributed by atoms with E-state index in [1.54, 1.807) is 6.33 Å². The summed E-state index contributed by atoms with van der Waals surface area (Å²) < 4.78 is 2.03. The number of carboxylic acids is 2. The number of aryl methyl sites for hydroxylation is 3. The van der Waals surface area contributed by atoms with E-state index in [1.165, 1.54) is 0 Å². The van der Waals surface area contributed by atoms with E-state index in [0.717, 1.165) is 27.9 Å². The SMILES string of the molecule is Cc1[nH]cnc1CCC(=O)c1cccc2c1ccn2C.O=C(O)C=CC(=O)O. The molecule has 8 nitrogen and oxygen atoms in total. The molecule has 0 aliphatic carbocycles. The van der Waals surface area contributed by atoms with E-state index in [1.807, 2.05) is 49.0 Å². The van der Waals surface area contributed by atoms with Crippen molar-refractivity contribution in [3.63, 3.8) is 0 Å². The number of benzene rings is 1. The number of aliphatic carboxylic acids is 2. The summed E-state index contributed by atoms with van der Waals surface area (Å²) in [6, 6.07) is 7.88. The molecule has 3 N–H and O–H groups in total. The molecule has 0 radical (unpaired) electrons. The molecule has 3 rings (SSSR count). The van der Waals surface area contributed by atoms with Crippen molar-refractivity contribution in [3.05, 3.63) is 65.9 Å². The standard InChI is InChI=1S/C16H17N3O.C4H4O4/c1-11-14(18-10-17-11)6-7-16(20)13-4-3-5-15-12(13)8-9-19(15)2;5-3(6)1-2-4(7)8/h3-5,8-10H,6-7H2,1-2H3,(H,17,18);1-2H,(H,5,6)(H,7,8). The molecule has 0 unspecified atom stereocenters. The summed E-state index contributed by atoms with van der Waals surface area (Å²) >= 11 is 0. The van der Waals surface area contributed by atoms with Crippen LogP contribution in [0.5, 0.6) is 0 Å². The summed E-state index contributed by atoms with van der Waals surface area (Å²) in [4.78, 5) is 38.8. The first-order valence-corrected chi connectivity index (χ1v) is 8.49. The number of nitrogens with zero attached hydrogens (tertiary/aromatic N) is 2. The molecule has 0 aliphatic heterocycles. The number of Topliss-reactive ketones (excluding diaryl/α,β-unsaturated/α-hetero) is 1. The van der Waals surface area contributed by atoms with Gasteiger partial charge in [0.25, 0.3) is 0 Å². The fourth-order valence-electron chi connectivity index (χ4n) is 2.69. The van der Waals surface area contributed by atoms with E-state index in [0.29, 0.717) is 25.0 Å². The molecule has 0 fully saturated rings. The fourth-order valence-corrected chi connectivity index (χ4v) is 2.69. The Balaban J connectivity index is 0.000000300. The second-order valence-corrected chi connectivity index (χ2v) is 6.07. The quantitative estimate of drug-likeness (QED) is 0.444. The van der Waals surface area contributed by atoms with Crippen LogP contribution in [0.1, 0.15) is 28.2 Å². The van der Waals surface area contributed by atoms with Crippen LogP contribution in [0.4, 0.5) is 0 Å². The van der Waals surface area contributed by atoms with Crippen molar-refractivity contribution >= 4 is 28.6 Å². The normalized spacial score (nSPS) is 10.6. The van der Waals surface area contributed by atoms with Gasteiger partial charge in [0.15, 0.2) is 5.78 Å². The Labute approximate surface area is 161 Å². The lowest BCUT2D eigenvalue weighted by atomic mass is 10.0. The third-order valence-corrected chi connectivity index (χ3v) is 4.12. The zero-order valence-electron chi connectivity index (χ0n) is 15.5. The number of hydrogen-bond donors (Lipinski definition) is 3. The average molecular weight is 383 g/mol. The van der Waals surface area contributed by atoms with E-state index < -0.39 is 11.9 Å². The van der Waals surface area contributed by atoms with Crippen LogP contribution >= 0.6 is 0 Å². The Kier molecular flexibility index (Phi) is 6.86. The first-order valence-electron chi connectivity index (χ1n) is 8.49. The summed E-state index contributed by atoms with van der Waals surface area (Å²) in [5.74, 6) is -2.34. The van der Waals surface area contributed by atoms with Crippen LogP contribution in [-0.4, -0.2) is 42.5 Å². The molecular formula is C20H21N3O5. The number of aromatic amines is 1. The second kappa shape index (κ2) is 9.31. The van der Waals surface area contributed by atoms with Crippen LogP contribution in [-0.2, 0) is 23.1 Å². The highest BCUT2D eigenvalue weighted by atomic mass is 16.4. The van der Waals surface area contributed by atoms with Gasteiger partial charge < -0.3 is 19.8 Å². The molecular weight excluding hydrogens is 362 g/mol. The number of carbonyl (C=O) groups excluding carboxylic acids is 1. The molecule has 1 aromatic carbocycles. The van der Waals surface area contributed by atoms with E-state index in [9.17, 15) is 14.4 Å². The van der Waals surface area contributed by atoms with Crippen molar-refractivity contribution in [1.29, 1.82) is 0 Å². The molecule has 2 aromatic heterocycles. The first-order chi connectivity index (χ1) is 13.3. The summed E-state index contributed by atoms with van der Waals surface area (Å²) in [5.41, 5.74) is 3.90. The van der Waals surface area contributed by atoms with Gasteiger partial charge in [-0.2, -0.15) is 0 Å². The van der Waals surface area contributed by atoms with Crippen LogP contribution in [0.25, 0.3) is 10.9 Å². The van der Waals surface area contributed by atoms with Crippen LogP contribution < -0.4 is 0 Å². The number of ketones is 1. The Hall–Kier alpha value is -3.68. The third kappa shape index (κ3) is 5.41. The monoisotopic (exact) mass is 383 g/mol. The van der Waals surface area contributed by atoms with Crippen molar-refractivity contribution in [1.82, 2.24) is 14.5 Å². The lowest BCUT2D eigenvalue weighted by molar-refractivity contribution is -0.134. The summed E-state index contributed by atoms with van der Waals surface area (Å²) in [7, 11) is 1.99. The number of hydrogen-bond acceptors (Lipinski definition) is 4. The van der Waals surface area contributed by atoms with Gasteiger partial charge in [-0.3, -0.25) is 4.79 Å². The van der Waals surface area contributed by atoms with Crippen molar-refractivity contribution < 1.29 is 24.6 Å². The van der Waals surface area contributed by atoms with Gasteiger partial charge in [0.1, 0.15) is 0 Å². The van der Waals surface area contributed by atoms with Crippen molar-refractivity contribution in [2.24, 2.45) is 7.05 Å². The zero-order valence-corrected chi connectivity index (χ0v) is 15.5. The van der Waals surface area contributed by atoms with Crippen LogP contribution in [0.15, 0.2) is 48.9 Å². The van der Waals surface area contributed by atoms with Gasteiger partial charge in [0.2, 0.25) is 0 Å². The van der Waals surface area contributed by atoms with Crippen LogP contribution in [0.2, 0.25) is 0 Å². The molecule has 0 bridgehead atoms. The molecule has 28 heavy (non-hydrogen) atoms. The minimum atomic E-state index is -1.26. The van der Waals surface area contributed by atoms with Gasteiger partial charge in [0, 0.05) is 54.0 Å². The Morgan fingerprint density at radius 1 is 1.14 bits per heavy atom. The van der Waals surface area contributed by atoms with E-state index in [-0.39, 0.29) is 5.78 Å². The Morgan fingerprint density at radius 3 is 2.39 bits per heavy atom. The van der Waals surface area contributed by atoms with E-state index in [2.05, 4.69) is 9.97 Å². The number of fused-ring (bicyclic) bond motifs is 1. The number of aromatic nitrogens is 3. The molecule has 3 aromatic rings. The fraction of sp³-hybridized carbons (Fsp3) is 0.200. The van der Waals surface area contributed by atoms with Crippen molar-refractivity contribution in [2.45, 2.75) is 19.8 Å². The zero-order chi connectivity index (χ0) is 20.7. The maximum atomic E-state index is 12.4. The minimum absolute atomic E-state index is 0.171. The average Bonchev–Trinajstić information content (AvgIpc) is 3.24. The number of H-pyrrole nitrogens is 1. The third-order valence-electron chi connectivity index (χ3n) is 4.12. The smallest absolute Gasteiger partial charge is 0.328 e. The highest BCUT2D eigenvalue weighted by Crippen LogP contribution is 2.21. The van der Waals surface area contributed by atoms with Crippen molar-refractivity contribution in [3.8, 4) is 0 Å². The van der Waals surface area contributed by atoms with Gasteiger partial charge in [-0.15, -0.1) is 0 Å². The van der Waals surface area contributed by atoms with Crippen LogP contribution in [0.3, 0.4) is 0 Å². The lowest BCUT2D eigenvalue weighted by Crippen LogP contribution is -2.03.